The molecule has 0 atom stereocenters. The maximum Gasteiger partial charge on any atom is 0.224 e. The van der Waals surface area contributed by atoms with Gasteiger partial charge in [-0.1, -0.05) is 5.16 Å². The number of hydrogen-bond acceptors (Lipinski definition) is 4. The van der Waals surface area contributed by atoms with Gasteiger partial charge in [0.05, 0.1) is 5.56 Å². The first-order chi connectivity index (χ1) is 10.1. The Hall–Kier alpha value is -1.76. The van der Waals surface area contributed by atoms with E-state index in [1.165, 1.54) is 18.2 Å². The zero-order valence-electron chi connectivity index (χ0n) is 11.5. The van der Waals surface area contributed by atoms with E-state index in [1.807, 2.05) is 11.8 Å². The van der Waals surface area contributed by atoms with Crippen molar-refractivity contribution < 1.29 is 14.4 Å². The first-order valence-corrected chi connectivity index (χ1v) is 7.90. The number of nitrogens with zero attached hydrogens (tertiary/aromatic N) is 1. The zero-order chi connectivity index (χ0) is 15.2. The van der Waals surface area contributed by atoms with Gasteiger partial charge in [0, 0.05) is 12.1 Å². The number of benzene rings is 1. The number of thioether (sulfide) groups is 1. The minimum atomic E-state index is -0.604. The van der Waals surface area contributed by atoms with E-state index < -0.39 is 5.82 Å². The fourth-order valence-corrected chi connectivity index (χ4v) is 3.48. The van der Waals surface area contributed by atoms with Crippen LogP contribution in [0.5, 0.6) is 0 Å². The van der Waals surface area contributed by atoms with Crippen molar-refractivity contribution in [3.63, 3.8) is 0 Å². The quantitative estimate of drug-likeness (QED) is 0.345. The van der Waals surface area contributed by atoms with Crippen LogP contribution in [0.4, 0.5) is 10.1 Å². The number of anilines is 1. The van der Waals surface area contributed by atoms with Gasteiger partial charge < -0.3 is 16.3 Å². The number of oxime groups is 1. The summed E-state index contributed by atoms with van der Waals surface area (Å²) >= 11 is 1.91. The molecule has 0 bridgehead atoms. The van der Waals surface area contributed by atoms with Crippen LogP contribution in [-0.2, 0) is 4.79 Å². The molecule has 1 aliphatic rings. The third kappa shape index (κ3) is 4.35. The average molecular weight is 311 g/mol. The Kier molecular flexibility index (Phi) is 5.44. The third-order valence-electron chi connectivity index (χ3n) is 3.45. The Labute approximate surface area is 126 Å². The minimum absolute atomic E-state index is 0.0376. The number of nitrogens with one attached hydrogen (secondary N) is 1. The molecule has 1 saturated heterocycles. The summed E-state index contributed by atoms with van der Waals surface area (Å²) in [5.41, 5.74) is 5.79. The number of carbonyl (C=O) groups is 1. The van der Waals surface area contributed by atoms with Crippen LogP contribution in [0, 0.1) is 11.7 Å². The molecule has 1 aliphatic heterocycles. The van der Waals surface area contributed by atoms with E-state index in [4.69, 9.17) is 10.9 Å². The highest BCUT2D eigenvalue weighted by atomic mass is 32.2. The lowest BCUT2D eigenvalue weighted by Gasteiger charge is -2.20. The molecule has 0 saturated carbocycles. The molecule has 5 nitrogen and oxygen atoms in total. The first-order valence-electron chi connectivity index (χ1n) is 6.75. The van der Waals surface area contributed by atoms with Crippen LogP contribution in [-0.4, -0.2) is 28.5 Å². The lowest BCUT2D eigenvalue weighted by atomic mass is 9.98. The van der Waals surface area contributed by atoms with Gasteiger partial charge in [-0.2, -0.15) is 11.8 Å². The number of amides is 1. The zero-order valence-corrected chi connectivity index (χ0v) is 12.3. The maximum atomic E-state index is 13.5. The molecule has 7 heteroatoms. The van der Waals surface area contributed by atoms with E-state index in [0.717, 1.165) is 24.3 Å². The SMILES string of the molecule is N/C(=N/O)c1cc(NC(=O)CC2CCSCC2)ccc1F. The molecule has 4 N–H and O–H groups in total. The number of hydrogen-bond donors (Lipinski definition) is 3. The number of rotatable bonds is 4. The van der Waals surface area contributed by atoms with Crippen molar-refractivity contribution in [1.82, 2.24) is 0 Å². The van der Waals surface area contributed by atoms with Crippen LogP contribution >= 0.6 is 11.8 Å². The average Bonchev–Trinajstić information content (AvgIpc) is 2.49. The van der Waals surface area contributed by atoms with Crippen molar-refractivity contribution in [3.8, 4) is 0 Å². The molecule has 0 radical (unpaired) electrons. The van der Waals surface area contributed by atoms with E-state index in [2.05, 4.69) is 10.5 Å². The summed E-state index contributed by atoms with van der Waals surface area (Å²) in [5.74, 6) is 1.59. The van der Waals surface area contributed by atoms with E-state index >= 15 is 0 Å². The Morgan fingerprint density at radius 2 is 2.19 bits per heavy atom. The van der Waals surface area contributed by atoms with Crippen LogP contribution in [0.1, 0.15) is 24.8 Å². The highest BCUT2D eigenvalue weighted by Crippen LogP contribution is 2.25. The monoisotopic (exact) mass is 311 g/mol. The summed E-state index contributed by atoms with van der Waals surface area (Å²) in [6.07, 6.45) is 2.57. The van der Waals surface area contributed by atoms with Gasteiger partial charge in [-0.15, -0.1) is 0 Å². The Morgan fingerprint density at radius 1 is 1.48 bits per heavy atom. The molecule has 114 valence electrons. The molecular weight excluding hydrogens is 293 g/mol. The van der Waals surface area contributed by atoms with Gasteiger partial charge >= 0.3 is 0 Å². The van der Waals surface area contributed by atoms with Crippen molar-refractivity contribution in [2.24, 2.45) is 16.8 Å². The normalized spacial score (nSPS) is 16.7. The Bertz CT molecular complexity index is 545. The smallest absolute Gasteiger partial charge is 0.224 e. The summed E-state index contributed by atoms with van der Waals surface area (Å²) < 4.78 is 13.5. The molecule has 0 aromatic heterocycles. The second-order valence-electron chi connectivity index (χ2n) is 4.99. The molecule has 1 aromatic carbocycles. The second-order valence-corrected chi connectivity index (χ2v) is 6.21. The molecule has 0 aliphatic carbocycles. The number of halogens is 1. The summed E-state index contributed by atoms with van der Waals surface area (Å²) in [4.78, 5) is 12.0. The van der Waals surface area contributed by atoms with Crippen molar-refractivity contribution in [2.45, 2.75) is 19.3 Å². The van der Waals surface area contributed by atoms with Crippen LogP contribution in [0.25, 0.3) is 0 Å². The van der Waals surface area contributed by atoms with Gasteiger partial charge in [0.2, 0.25) is 5.91 Å². The largest absolute Gasteiger partial charge is 0.409 e. The summed E-state index contributed by atoms with van der Waals surface area (Å²) in [5, 5.41) is 14.1. The van der Waals surface area contributed by atoms with E-state index in [0.29, 0.717) is 18.0 Å². The molecule has 0 unspecified atom stereocenters. The fraction of sp³-hybridized carbons (Fsp3) is 0.429. The fourth-order valence-electron chi connectivity index (χ4n) is 2.28. The maximum absolute atomic E-state index is 13.5. The third-order valence-corrected chi connectivity index (χ3v) is 4.50. The van der Waals surface area contributed by atoms with Crippen LogP contribution in [0.2, 0.25) is 0 Å². The molecule has 21 heavy (non-hydrogen) atoms. The van der Waals surface area contributed by atoms with Crippen molar-refractivity contribution in [1.29, 1.82) is 0 Å². The van der Waals surface area contributed by atoms with Crippen LogP contribution < -0.4 is 11.1 Å². The second kappa shape index (κ2) is 7.31. The van der Waals surface area contributed by atoms with Gasteiger partial charge in [-0.25, -0.2) is 4.39 Å². The molecular formula is C14H18FN3O2S. The first kappa shape index (κ1) is 15.6. The highest BCUT2D eigenvalue weighted by Gasteiger charge is 2.17. The van der Waals surface area contributed by atoms with Crippen LogP contribution in [0.3, 0.4) is 0 Å². The number of carbonyl (C=O) groups excluding carboxylic acids is 1. The minimum Gasteiger partial charge on any atom is -0.409 e. The van der Waals surface area contributed by atoms with Gasteiger partial charge in [-0.3, -0.25) is 4.79 Å². The number of nitrogens with two attached hydrogens (primary N) is 1. The molecule has 0 spiro atoms. The predicted molar refractivity (Wildman–Crippen MR) is 82.2 cm³/mol. The van der Waals surface area contributed by atoms with Gasteiger partial charge in [0.25, 0.3) is 0 Å². The molecule has 1 aromatic rings. The van der Waals surface area contributed by atoms with E-state index in [9.17, 15) is 9.18 Å². The highest BCUT2D eigenvalue weighted by molar-refractivity contribution is 7.99. The Morgan fingerprint density at radius 3 is 2.86 bits per heavy atom. The molecule has 2 rings (SSSR count). The summed E-state index contributed by atoms with van der Waals surface area (Å²) in [6, 6.07) is 4.00. The molecule has 1 heterocycles. The number of amidine groups is 1. The topological polar surface area (TPSA) is 87.7 Å². The predicted octanol–water partition coefficient (Wildman–Crippen LogP) is 2.39. The van der Waals surface area contributed by atoms with Gasteiger partial charge in [0.1, 0.15) is 5.82 Å². The lowest BCUT2D eigenvalue weighted by Crippen LogP contribution is -2.20. The van der Waals surface area contributed by atoms with Gasteiger partial charge in [-0.05, 0) is 48.5 Å². The standard InChI is InChI=1S/C14H18FN3O2S/c15-12-2-1-10(8-11(12)14(16)18-20)17-13(19)7-9-3-5-21-6-4-9/h1-2,8-9,20H,3-7H2,(H2,16,18)(H,17,19). The van der Waals surface area contributed by atoms with Crippen molar-refractivity contribution in [2.75, 3.05) is 16.8 Å². The molecule has 1 fully saturated rings. The Balaban J connectivity index is 2.00. The van der Waals surface area contributed by atoms with Crippen LogP contribution in [0.15, 0.2) is 23.4 Å². The van der Waals surface area contributed by atoms with Crippen molar-refractivity contribution >= 4 is 29.2 Å². The summed E-state index contributed by atoms with van der Waals surface area (Å²) in [7, 11) is 0. The van der Waals surface area contributed by atoms with Gasteiger partial charge in [0.15, 0.2) is 5.84 Å². The molecule has 1 amide bonds. The summed E-state index contributed by atoms with van der Waals surface area (Å²) in [6.45, 7) is 0. The lowest BCUT2D eigenvalue weighted by molar-refractivity contribution is -0.117. The van der Waals surface area contributed by atoms with E-state index in [1.54, 1.807) is 0 Å². The van der Waals surface area contributed by atoms with Crippen molar-refractivity contribution in [3.05, 3.63) is 29.6 Å². The van der Waals surface area contributed by atoms with E-state index in [-0.39, 0.29) is 17.3 Å².